The maximum Gasteiger partial charge on any atom is 0.0727 e. The van der Waals surface area contributed by atoms with E-state index in [1.54, 1.807) is 11.8 Å². The molecule has 0 saturated heterocycles. The summed E-state index contributed by atoms with van der Waals surface area (Å²) >= 11 is 5.17. The van der Waals surface area contributed by atoms with Crippen LogP contribution in [0.5, 0.6) is 0 Å². The van der Waals surface area contributed by atoms with E-state index >= 15 is 0 Å². The number of hydrogen-bond acceptors (Lipinski definition) is 3. The second-order valence-electron chi connectivity index (χ2n) is 4.35. The Bertz CT molecular complexity index is 537. The standard InChI is InChI=1S/C13H16BrN3S/c1-9(2)17-6-5-11(16-17)8-18-13-7-10(14)3-4-12(13)15/h3-7,9H,8,15H2,1-2H3. The molecule has 0 atom stereocenters. The van der Waals surface area contributed by atoms with Crippen LogP contribution >= 0.6 is 27.7 Å². The Balaban J connectivity index is 2.04. The predicted octanol–water partition coefficient (Wildman–Crippen LogP) is 4.10. The van der Waals surface area contributed by atoms with Crippen molar-refractivity contribution in [3.05, 3.63) is 40.6 Å². The second kappa shape index (κ2) is 5.80. The van der Waals surface area contributed by atoms with Crippen LogP contribution in [0.4, 0.5) is 5.69 Å². The van der Waals surface area contributed by atoms with Crippen LogP contribution in [0, 0.1) is 0 Å². The molecule has 1 aromatic heterocycles. The second-order valence-corrected chi connectivity index (χ2v) is 6.28. The molecule has 1 aromatic carbocycles. The number of nitrogen functional groups attached to an aromatic ring is 1. The average molecular weight is 326 g/mol. The summed E-state index contributed by atoms with van der Waals surface area (Å²) in [6.07, 6.45) is 2.02. The highest BCUT2D eigenvalue weighted by atomic mass is 79.9. The van der Waals surface area contributed by atoms with Crippen LogP contribution < -0.4 is 5.73 Å². The molecule has 0 aliphatic heterocycles. The van der Waals surface area contributed by atoms with Crippen molar-refractivity contribution in [2.24, 2.45) is 0 Å². The molecule has 0 aliphatic carbocycles. The van der Waals surface area contributed by atoms with Crippen LogP contribution in [0.3, 0.4) is 0 Å². The normalized spacial score (nSPS) is 11.1. The molecule has 1 heterocycles. The third kappa shape index (κ3) is 3.29. The number of hydrogen-bond donors (Lipinski definition) is 1. The molecule has 0 radical (unpaired) electrons. The number of nitrogens with two attached hydrogens (primary N) is 1. The fourth-order valence-corrected chi connectivity index (χ4v) is 2.94. The zero-order valence-electron chi connectivity index (χ0n) is 10.4. The molecule has 0 unspecified atom stereocenters. The Morgan fingerprint density at radius 1 is 1.39 bits per heavy atom. The van der Waals surface area contributed by atoms with Crippen LogP contribution in [0.15, 0.2) is 39.8 Å². The van der Waals surface area contributed by atoms with E-state index in [0.29, 0.717) is 6.04 Å². The maximum absolute atomic E-state index is 5.94. The van der Waals surface area contributed by atoms with E-state index in [-0.39, 0.29) is 0 Å². The number of rotatable bonds is 4. The number of anilines is 1. The summed E-state index contributed by atoms with van der Waals surface area (Å²) in [5.74, 6) is 0.834. The zero-order valence-corrected chi connectivity index (χ0v) is 12.8. The highest BCUT2D eigenvalue weighted by molar-refractivity contribution is 9.10. The molecule has 96 valence electrons. The van der Waals surface area contributed by atoms with Crippen molar-refractivity contribution >= 4 is 33.4 Å². The smallest absolute Gasteiger partial charge is 0.0727 e. The molecule has 0 bridgehead atoms. The quantitative estimate of drug-likeness (QED) is 0.679. The minimum atomic E-state index is 0.402. The summed E-state index contributed by atoms with van der Waals surface area (Å²) in [5, 5.41) is 4.52. The third-order valence-corrected chi connectivity index (χ3v) is 4.14. The number of aromatic nitrogens is 2. The van der Waals surface area contributed by atoms with Gasteiger partial charge in [-0.15, -0.1) is 11.8 Å². The van der Waals surface area contributed by atoms with E-state index in [9.17, 15) is 0 Å². The van der Waals surface area contributed by atoms with Gasteiger partial charge in [0, 0.05) is 33.0 Å². The Morgan fingerprint density at radius 3 is 2.83 bits per heavy atom. The molecule has 2 N–H and O–H groups in total. The summed E-state index contributed by atoms with van der Waals surface area (Å²) < 4.78 is 3.02. The Morgan fingerprint density at radius 2 is 2.17 bits per heavy atom. The van der Waals surface area contributed by atoms with Gasteiger partial charge in [-0.2, -0.15) is 5.10 Å². The van der Waals surface area contributed by atoms with Crippen molar-refractivity contribution < 1.29 is 0 Å². The lowest BCUT2D eigenvalue weighted by atomic mass is 10.3. The first kappa shape index (κ1) is 13.5. The fraction of sp³-hybridized carbons (Fsp3) is 0.308. The summed E-state index contributed by atoms with van der Waals surface area (Å²) in [7, 11) is 0. The average Bonchev–Trinajstić information content (AvgIpc) is 2.79. The van der Waals surface area contributed by atoms with E-state index in [1.807, 2.05) is 29.1 Å². The Labute approximate surface area is 120 Å². The molecular weight excluding hydrogens is 310 g/mol. The lowest BCUT2D eigenvalue weighted by Gasteiger charge is -2.05. The van der Waals surface area contributed by atoms with Gasteiger partial charge in [-0.05, 0) is 38.1 Å². The van der Waals surface area contributed by atoms with Gasteiger partial charge in [0.1, 0.15) is 0 Å². The van der Waals surface area contributed by atoms with E-state index in [0.717, 1.165) is 26.5 Å². The highest BCUT2D eigenvalue weighted by Gasteiger charge is 2.05. The SMILES string of the molecule is CC(C)n1ccc(CSc2cc(Br)ccc2N)n1. The first-order chi connectivity index (χ1) is 8.56. The van der Waals surface area contributed by atoms with Gasteiger partial charge in [0.25, 0.3) is 0 Å². The molecule has 2 aromatic rings. The van der Waals surface area contributed by atoms with Crippen LogP contribution in [0.1, 0.15) is 25.6 Å². The summed E-state index contributed by atoms with van der Waals surface area (Å²) in [5.41, 5.74) is 7.83. The lowest BCUT2D eigenvalue weighted by molar-refractivity contribution is 0.529. The summed E-state index contributed by atoms with van der Waals surface area (Å²) in [6, 6.07) is 8.37. The molecule has 0 spiro atoms. The van der Waals surface area contributed by atoms with Crippen LogP contribution in [0.25, 0.3) is 0 Å². The van der Waals surface area contributed by atoms with Crippen molar-refractivity contribution in [3.8, 4) is 0 Å². The van der Waals surface area contributed by atoms with Gasteiger partial charge in [0.15, 0.2) is 0 Å². The molecule has 18 heavy (non-hydrogen) atoms. The minimum absolute atomic E-state index is 0.402. The molecule has 5 heteroatoms. The first-order valence-electron chi connectivity index (χ1n) is 5.78. The number of benzene rings is 1. The van der Waals surface area contributed by atoms with E-state index in [2.05, 4.69) is 40.9 Å². The fourth-order valence-electron chi connectivity index (χ4n) is 1.53. The van der Waals surface area contributed by atoms with E-state index in [4.69, 9.17) is 5.73 Å². The zero-order chi connectivity index (χ0) is 13.1. The van der Waals surface area contributed by atoms with Gasteiger partial charge in [0.05, 0.1) is 5.69 Å². The lowest BCUT2D eigenvalue weighted by Crippen LogP contribution is -2.01. The van der Waals surface area contributed by atoms with Gasteiger partial charge in [0.2, 0.25) is 0 Å². The van der Waals surface area contributed by atoms with Crippen molar-refractivity contribution in [3.63, 3.8) is 0 Å². The van der Waals surface area contributed by atoms with Gasteiger partial charge in [-0.25, -0.2) is 0 Å². The van der Waals surface area contributed by atoms with Gasteiger partial charge in [-0.3, -0.25) is 4.68 Å². The monoisotopic (exact) mass is 325 g/mol. The first-order valence-corrected chi connectivity index (χ1v) is 7.56. The number of nitrogens with zero attached hydrogens (tertiary/aromatic N) is 2. The maximum atomic E-state index is 5.94. The van der Waals surface area contributed by atoms with Crippen LogP contribution in [0.2, 0.25) is 0 Å². The van der Waals surface area contributed by atoms with Gasteiger partial charge >= 0.3 is 0 Å². The van der Waals surface area contributed by atoms with Gasteiger partial charge in [-0.1, -0.05) is 15.9 Å². The van der Waals surface area contributed by atoms with Crippen LogP contribution in [-0.2, 0) is 5.75 Å². The van der Waals surface area contributed by atoms with Crippen molar-refractivity contribution in [1.29, 1.82) is 0 Å². The molecular formula is C13H16BrN3S. The molecule has 0 amide bonds. The Kier molecular flexibility index (Phi) is 4.35. The molecule has 0 saturated carbocycles. The molecule has 2 rings (SSSR count). The summed E-state index contributed by atoms with van der Waals surface area (Å²) in [6.45, 7) is 4.24. The topological polar surface area (TPSA) is 43.8 Å². The highest BCUT2D eigenvalue weighted by Crippen LogP contribution is 2.30. The van der Waals surface area contributed by atoms with E-state index < -0.39 is 0 Å². The van der Waals surface area contributed by atoms with Crippen molar-refractivity contribution in [2.75, 3.05) is 5.73 Å². The molecule has 3 nitrogen and oxygen atoms in total. The van der Waals surface area contributed by atoms with Crippen molar-refractivity contribution in [2.45, 2.75) is 30.5 Å². The predicted molar refractivity (Wildman–Crippen MR) is 80.7 cm³/mol. The van der Waals surface area contributed by atoms with Crippen LogP contribution in [-0.4, -0.2) is 9.78 Å². The molecule has 0 fully saturated rings. The largest absolute Gasteiger partial charge is 0.398 e. The van der Waals surface area contributed by atoms with Crippen molar-refractivity contribution in [1.82, 2.24) is 9.78 Å². The number of halogens is 1. The summed E-state index contributed by atoms with van der Waals surface area (Å²) in [4.78, 5) is 1.09. The molecule has 0 aliphatic rings. The number of thioether (sulfide) groups is 1. The minimum Gasteiger partial charge on any atom is -0.398 e. The van der Waals surface area contributed by atoms with E-state index in [1.165, 1.54) is 0 Å². The third-order valence-electron chi connectivity index (χ3n) is 2.54. The Hall–Kier alpha value is -0.940. The van der Waals surface area contributed by atoms with Gasteiger partial charge < -0.3 is 5.73 Å².